The van der Waals surface area contributed by atoms with Gasteiger partial charge in [-0.2, -0.15) is 0 Å². The van der Waals surface area contributed by atoms with E-state index in [1.54, 1.807) is 0 Å². The molecular weight excluding hydrogens is 230 g/mol. The van der Waals surface area contributed by atoms with Crippen LogP contribution < -0.4 is 4.90 Å². The molecule has 0 amide bonds. The highest BCUT2D eigenvalue weighted by molar-refractivity contribution is 5.53. The molecule has 0 aliphatic heterocycles. The van der Waals surface area contributed by atoms with E-state index in [2.05, 4.69) is 85.5 Å². The lowest BCUT2D eigenvalue weighted by atomic mass is 10.1. The number of para-hydroxylation sites is 1. The quantitative estimate of drug-likeness (QED) is 0.749. The third kappa shape index (κ3) is 3.72. The molecule has 0 aromatic heterocycles. The van der Waals surface area contributed by atoms with Crippen molar-refractivity contribution in [3.63, 3.8) is 0 Å². The van der Waals surface area contributed by atoms with Crippen LogP contribution >= 0.6 is 0 Å². The molecule has 0 bridgehead atoms. The fourth-order valence-corrected chi connectivity index (χ4v) is 2.24. The summed E-state index contributed by atoms with van der Waals surface area (Å²) in [6.07, 6.45) is 4.45. The average molecular weight is 251 g/mol. The van der Waals surface area contributed by atoms with Gasteiger partial charge >= 0.3 is 0 Å². The number of benzene rings is 2. The van der Waals surface area contributed by atoms with Gasteiger partial charge in [0, 0.05) is 18.3 Å². The van der Waals surface area contributed by atoms with E-state index in [0.29, 0.717) is 6.04 Å². The van der Waals surface area contributed by atoms with Crippen LogP contribution in [-0.4, -0.2) is 12.6 Å². The second-order valence-electron chi connectivity index (χ2n) is 4.63. The van der Waals surface area contributed by atoms with E-state index >= 15 is 0 Å². The van der Waals surface area contributed by atoms with Crippen molar-refractivity contribution < 1.29 is 0 Å². The molecule has 19 heavy (non-hydrogen) atoms. The van der Waals surface area contributed by atoms with Crippen LogP contribution in [0.2, 0.25) is 0 Å². The Labute approximate surface area is 116 Å². The fourth-order valence-electron chi connectivity index (χ4n) is 2.24. The van der Waals surface area contributed by atoms with Gasteiger partial charge in [-0.3, -0.25) is 0 Å². The van der Waals surface area contributed by atoms with Crippen molar-refractivity contribution in [3.8, 4) is 0 Å². The first kappa shape index (κ1) is 13.4. The van der Waals surface area contributed by atoms with Crippen molar-refractivity contribution in [2.45, 2.75) is 19.9 Å². The first-order valence-electron chi connectivity index (χ1n) is 6.86. The Morgan fingerprint density at radius 3 is 2.11 bits per heavy atom. The molecule has 98 valence electrons. The smallest absolute Gasteiger partial charge is 0.0447 e. The summed E-state index contributed by atoms with van der Waals surface area (Å²) >= 11 is 0. The Morgan fingerprint density at radius 2 is 1.53 bits per heavy atom. The molecular formula is C18H21N. The van der Waals surface area contributed by atoms with Crippen molar-refractivity contribution in [2.75, 3.05) is 11.4 Å². The topological polar surface area (TPSA) is 3.24 Å². The zero-order chi connectivity index (χ0) is 13.5. The van der Waals surface area contributed by atoms with E-state index in [0.717, 1.165) is 6.54 Å². The van der Waals surface area contributed by atoms with Crippen LogP contribution in [0.15, 0.2) is 66.7 Å². The Bertz CT molecular complexity index is 502. The normalized spacial score (nSPS) is 12.5. The molecule has 0 N–H and O–H groups in total. The molecule has 0 aliphatic carbocycles. The second kappa shape index (κ2) is 6.79. The molecule has 1 unspecified atom stereocenters. The highest BCUT2D eigenvalue weighted by Gasteiger charge is 2.08. The zero-order valence-electron chi connectivity index (χ0n) is 11.7. The molecule has 1 heteroatoms. The molecule has 0 aliphatic rings. The van der Waals surface area contributed by atoms with Crippen molar-refractivity contribution in [3.05, 3.63) is 72.3 Å². The molecule has 0 heterocycles. The van der Waals surface area contributed by atoms with Crippen LogP contribution in [0.5, 0.6) is 0 Å². The summed E-state index contributed by atoms with van der Waals surface area (Å²) in [5, 5.41) is 0. The van der Waals surface area contributed by atoms with Crippen LogP contribution in [0.1, 0.15) is 19.4 Å². The third-order valence-corrected chi connectivity index (χ3v) is 3.29. The minimum absolute atomic E-state index is 0.382. The Morgan fingerprint density at radius 1 is 0.947 bits per heavy atom. The molecule has 1 nitrogen and oxygen atoms in total. The molecule has 0 fully saturated rings. The summed E-state index contributed by atoms with van der Waals surface area (Å²) in [7, 11) is 0. The van der Waals surface area contributed by atoms with Gasteiger partial charge in [0.05, 0.1) is 0 Å². The number of nitrogens with zero attached hydrogens (tertiary/aromatic N) is 1. The van der Waals surface area contributed by atoms with E-state index in [1.165, 1.54) is 11.3 Å². The van der Waals surface area contributed by atoms with Crippen LogP contribution in [0.25, 0.3) is 6.08 Å². The second-order valence-corrected chi connectivity index (χ2v) is 4.63. The number of anilines is 1. The van der Waals surface area contributed by atoms with E-state index in [1.807, 2.05) is 6.07 Å². The zero-order valence-corrected chi connectivity index (χ0v) is 11.7. The summed E-state index contributed by atoms with van der Waals surface area (Å²) in [6, 6.07) is 21.4. The lowest BCUT2D eigenvalue weighted by molar-refractivity contribution is 0.760. The third-order valence-electron chi connectivity index (χ3n) is 3.29. The molecule has 2 rings (SSSR count). The van der Waals surface area contributed by atoms with E-state index in [4.69, 9.17) is 0 Å². The van der Waals surface area contributed by atoms with Crippen LogP contribution in [-0.2, 0) is 0 Å². The van der Waals surface area contributed by atoms with Crippen molar-refractivity contribution in [2.24, 2.45) is 0 Å². The van der Waals surface area contributed by atoms with Gasteiger partial charge in [0.1, 0.15) is 0 Å². The Hall–Kier alpha value is -2.02. The maximum atomic E-state index is 2.39. The van der Waals surface area contributed by atoms with Crippen molar-refractivity contribution in [1.82, 2.24) is 0 Å². The van der Waals surface area contributed by atoms with E-state index in [9.17, 15) is 0 Å². The Balaban J connectivity index is 2.10. The standard InChI is InChI=1S/C18H21N/c1-3-19(18-12-8-5-9-13-18)16(2)14-15-17-10-6-4-7-11-17/h4-16H,3H2,1-2H3/b15-14+. The fraction of sp³-hybridized carbons (Fsp3) is 0.222. The maximum absolute atomic E-state index is 2.39. The largest absolute Gasteiger partial charge is 0.366 e. The van der Waals surface area contributed by atoms with Crippen molar-refractivity contribution >= 4 is 11.8 Å². The summed E-state index contributed by atoms with van der Waals surface area (Å²) < 4.78 is 0. The number of likely N-dealkylation sites (N-methyl/N-ethyl adjacent to an activating group) is 1. The highest BCUT2D eigenvalue weighted by Crippen LogP contribution is 2.17. The summed E-state index contributed by atoms with van der Waals surface area (Å²) in [5.41, 5.74) is 2.52. The van der Waals surface area contributed by atoms with Gasteiger partial charge in [-0.05, 0) is 31.5 Å². The van der Waals surface area contributed by atoms with Gasteiger partial charge in [-0.15, -0.1) is 0 Å². The molecule has 0 saturated heterocycles. The average Bonchev–Trinajstić information content (AvgIpc) is 2.48. The van der Waals surface area contributed by atoms with Gasteiger partial charge < -0.3 is 4.90 Å². The van der Waals surface area contributed by atoms with Gasteiger partial charge in [0.25, 0.3) is 0 Å². The SMILES string of the molecule is CCN(c1ccccc1)C(C)/C=C/c1ccccc1. The number of hydrogen-bond acceptors (Lipinski definition) is 1. The summed E-state index contributed by atoms with van der Waals surface area (Å²) in [6.45, 7) is 5.43. The number of rotatable bonds is 5. The highest BCUT2D eigenvalue weighted by atomic mass is 15.1. The lowest BCUT2D eigenvalue weighted by Crippen LogP contribution is -2.31. The lowest BCUT2D eigenvalue weighted by Gasteiger charge is -2.28. The molecule has 2 aromatic rings. The summed E-state index contributed by atoms with van der Waals surface area (Å²) in [5.74, 6) is 0. The Kier molecular flexibility index (Phi) is 4.79. The minimum atomic E-state index is 0.382. The molecule has 0 saturated carbocycles. The summed E-state index contributed by atoms with van der Waals surface area (Å²) in [4.78, 5) is 2.39. The van der Waals surface area contributed by atoms with E-state index < -0.39 is 0 Å². The van der Waals surface area contributed by atoms with Gasteiger partial charge in [-0.1, -0.05) is 60.7 Å². The molecule has 1 atom stereocenters. The predicted octanol–water partition coefficient (Wildman–Crippen LogP) is 4.61. The van der Waals surface area contributed by atoms with Crippen LogP contribution in [0, 0.1) is 0 Å². The van der Waals surface area contributed by atoms with Gasteiger partial charge in [0.15, 0.2) is 0 Å². The van der Waals surface area contributed by atoms with Crippen molar-refractivity contribution in [1.29, 1.82) is 0 Å². The van der Waals surface area contributed by atoms with Gasteiger partial charge in [0.2, 0.25) is 0 Å². The molecule has 2 aromatic carbocycles. The monoisotopic (exact) mass is 251 g/mol. The van der Waals surface area contributed by atoms with Crippen LogP contribution in [0.3, 0.4) is 0 Å². The first-order chi connectivity index (χ1) is 9.31. The molecule has 0 spiro atoms. The number of hydrogen-bond donors (Lipinski definition) is 0. The minimum Gasteiger partial charge on any atom is -0.366 e. The van der Waals surface area contributed by atoms with E-state index in [-0.39, 0.29) is 0 Å². The molecule has 0 radical (unpaired) electrons. The maximum Gasteiger partial charge on any atom is 0.0447 e. The van der Waals surface area contributed by atoms with Gasteiger partial charge in [-0.25, -0.2) is 0 Å². The van der Waals surface area contributed by atoms with Crippen LogP contribution in [0.4, 0.5) is 5.69 Å². The first-order valence-corrected chi connectivity index (χ1v) is 6.86. The predicted molar refractivity (Wildman–Crippen MR) is 84.4 cm³/mol.